The summed E-state index contributed by atoms with van der Waals surface area (Å²) < 4.78 is 5.25. The number of aliphatic hydroxyl groups excluding tert-OH is 1. The van der Waals surface area contributed by atoms with Crippen LogP contribution in [0.2, 0.25) is 0 Å². The number of hydrogen-bond donors (Lipinski definition) is 2. The molecule has 4 nitrogen and oxygen atoms in total. The van der Waals surface area contributed by atoms with Crippen molar-refractivity contribution in [2.45, 2.75) is 77.0 Å². The first kappa shape index (κ1) is 17.9. The third-order valence-electron chi connectivity index (χ3n) is 4.40. The van der Waals surface area contributed by atoms with Crippen LogP contribution in [0.1, 0.15) is 53.4 Å². The molecule has 0 aromatic heterocycles. The SMILES string of the molecule is COCCN(C(C)C)C1CCCC(CO)(NC(C)C)C1. The lowest BCUT2D eigenvalue weighted by molar-refractivity contribution is 0.0280. The van der Waals surface area contributed by atoms with Crippen molar-refractivity contribution in [1.82, 2.24) is 10.2 Å². The van der Waals surface area contributed by atoms with Crippen LogP contribution in [0.3, 0.4) is 0 Å². The first-order valence-electron chi connectivity index (χ1n) is 8.07. The molecule has 0 aliphatic heterocycles. The van der Waals surface area contributed by atoms with Gasteiger partial charge in [-0.15, -0.1) is 0 Å². The van der Waals surface area contributed by atoms with Gasteiger partial charge in [-0.3, -0.25) is 4.90 Å². The summed E-state index contributed by atoms with van der Waals surface area (Å²) in [6.45, 7) is 10.8. The standard InChI is InChI=1S/C16H34N2O2/c1-13(2)17-16(12-19)8-6-7-15(11-16)18(14(3)4)9-10-20-5/h13-15,17,19H,6-12H2,1-5H3. The maximum absolute atomic E-state index is 9.90. The smallest absolute Gasteiger partial charge is 0.0613 e. The van der Waals surface area contributed by atoms with Gasteiger partial charge in [0.15, 0.2) is 0 Å². The Labute approximate surface area is 124 Å². The highest BCUT2D eigenvalue weighted by molar-refractivity contribution is 4.97. The van der Waals surface area contributed by atoms with Crippen molar-refractivity contribution in [3.8, 4) is 0 Å². The van der Waals surface area contributed by atoms with Crippen molar-refractivity contribution in [3.63, 3.8) is 0 Å². The van der Waals surface area contributed by atoms with Gasteiger partial charge in [0, 0.05) is 37.3 Å². The van der Waals surface area contributed by atoms with Crippen molar-refractivity contribution in [3.05, 3.63) is 0 Å². The topological polar surface area (TPSA) is 44.7 Å². The van der Waals surface area contributed by atoms with Gasteiger partial charge in [-0.25, -0.2) is 0 Å². The molecular formula is C16H34N2O2. The van der Waals surface area contributed by atoms with Gasteiger partial charge in [0.2, 0.25) is 0 Å². The zero-order valence-corrected chi connectivity index (χ0v) is 14.0. The van der Waals surface area contributed by atoms with E-state index in [0.717, 1.165) is 26.0 Å². The van der Waals surface area contributed by atoms with Gasteiger partial charge >= 0.3 is 0 Å². The molecule has 0 amide bonds. The highest BCUT2D eigenvalue weighted by Gasteiger charge is 2.38. The predicted molar refractivity (Wildman–Crippen MR) is 84.1 cm³/mol. The van der Waals surface area contributed by atoms with E-state index in [4.69, 9.17) is 4.74 Å². The van der Waals surface area contributed by atoms with Crippen molar-refractivity contribution >= 4 is 0 Å². The van der Waals surface area contributed by atoms with Gasteiger partial charge < -0.3 is 15.2 Å². The minimum absolute atomic E-state index is 0.0999. The second kappa shape index (κ2) is 8.32. The van der Waals surface area contributed by atoms with Gasteiger partial charge in [-0.05, 0) is 39.5 Å². The number of aliphatic hydroxyl groups is 1. The minimum Gasteiger partial charge on any atom is -0.394 e. The van der Waals surface area contributed by atoms with E-state index in [9.17, 15) is 5.11 Å². The fourth-order valence-electron chi connectivity index (χ4n) is 3.61. The molecule has 0 spiro atoms. The van der Waals surface area contributed by atoms with Crippen molar-refractivity contribution < 1.29 is 9.84 Å². The second-order valence-corrected chi connectivity index (χ2v) is 6.81. The van der Waals surface area contributed by atoms with Crippen LogP contribution in [-0.2, 0) is 4.74 Å². The summed E-state index contributed by atoms with van der Waals surface area (Å²) in [5.74, 6) is 0. The lowest BCUT2D eigenvalue weighted by Gasteiger charge is -2.46. The van der Waals surface area contributed by atoms with Crippen LogP contribution in [0.25, 0.3) is 0 Å². The Morgan fingerprint density at radius 3 is 2.55 bits per heavy atom. The highest BCUT2D eigenvalue weighted by Crippen LogP contribution is 2.32. The van der Waals surface area contributed by atoms with E-state index >= 15 is 0 Å². The zero-order chi connectivity index (χ0) is 15.2. The van der Waals surface area contributed by atoms with Crippen molar-refractivity contribution in [2.24, 2.45) is 0 Å². The molecule has 2 atom stereocenters. The Morgan fingerprint density at radius 2 is 2.05 bits per heavy atom. The molecular weight excluding hydrogens is 252 g/mol. The Kier molecular flexibility index (Phi) is 7.45. The maximum Gasteiger partial charge on any atom is 0.0613 e. The van der Waals surface area contributed by atoms with E-state index < -0.39 is 0 Å². The molecule has 0 radical (unpaired) electrons. The Bertz CT molecular complexity index is 271. The van der Waals surface area contributed by atoms with Gasteiger partial charge in [0.25, 0.3) is 0 Å². The third-order valence-corrected chi connectivity index (χ3v) is 4.40. The maximum atomic E-state index is 9.90. The van der Waals surface area contributed by atoms with Crippen molar-refractivity contribution in [2.75, 3.05) is 26.9 Å². The third kappa shape index (κ3) is 4.99. The summed E-state index contributed by atoms with van der Waals surface area (Å²) in [5.41, 5.74) is -0.0999. The summed E-state index contributed by atoms with van der Waals surface area (Å²) in [7, 11) is 1.76. The van der Waals surface area contributed by atoms with E-state index in [1.165, 1.54) is 12.8 Å². The summed E-state index contributed by atoms with van der Waals surface area (Å²) in [6.07, 6.45) is 4.52. The van der Waals surface area contributed by atoms with E-state index in [1.54, 1.807) is 7.11 Å². The minimum atomic E-state index is -0.0999. The number of methoxy groups -OCH3 is 1. The first-order chi connectivity index (χ1) is 9.44. The molecule has 0 aromatic rings. The number of ether oxygens (including phenoxy) is 1. The number of rotatable bonds is 8. The van der Waals surface area contributed by atoms with Gasteiger partial charge in [0.05, 0.1) is 13.2 Å². The Morgan fingerprint density at radius 1 is 1.35 bits per heavy atom. The Hall–Kier alpha value is -0.160. The number of hydrogen-bond acceptors (Lipinski definition) is 4. The van der Waals surface area contributed by atoms with E-state index in [-0.39, 0.29) is 12.1 Å². The van der Waals surface area contributed by atoms with E-state index in [1.807, 2.05) is 0 Å². The Balaban J connectivity index is 2.73. The predicted octanol–water partition coefficient (Wildman–Crippen LogP) is 2.01. The summed E-state index contributed by atoms with van der Waals surface area (Å²) >= 11 is 0. The van der Waals surface area contributed by atoms with Gasteiger partial charge in [-0.2, -0.15) is 0 Å². The van der Waals surface area contributed by atoms with Crippen LogP contribution >= 0.6 is 0 Å². The largest absolute Gasteiger partial charge is 0.394 e. The molecule has 1 fully saturated rings. The molecule has 1 saturated carbocycles. The molecule has 0 heterocycles. The zero-order valence-electron chi connectivity index (χ0n) is 14.0. The molecule has 4 heteroatoms. The molecule has 1 aliphatic carbocycles. The summed E-state index contributed by atoms with van der Waals surface area (Å²) in [6, 6.07) is 1.47. The van der Waals surface area contributed by atoms with Crippen LogP contribution in [0.15, 0.2) is 0 Å². The van der Waals surface area contributed by atoms with Crippen LogP contribution in [0.5, 0.6) is 0 Å². The monoisotopic (exact) mass is 286 g/mol. The van der Waals surface area contributed by atoms with E-state index in [2.05, 4.69) is 37.9 Å². The fraction of sp³-hybridized carbons (Fsp3) is 1.00. The lowest BCUT2D eigenvalue weighted by Crippen LogP contribution is -2.58. The average Bonchev–Trinajstić information content (AvgIpc) is 2.38. The summed E-state index contributed by atoms with van der Waals surface area (Å²) in [4.78, 5) is 2.54. The molecule has 0 aromatic carbocycles. The van der Waals surface area contributed by atoms with Crippen LogP contribution in [0.4, 0.5) is 0 Å². The average molecular weight is 286 g/mol. The summed E-state index contributed by atoms with van der Waals surface area (Å²) in [5, 5.41) is 13.5. The number of nitrogens with zero attached hydrogens (tertiary/aromatic N) is 1. The molecule has 1 aliphatic rings. The molecule has 20 heavy (non-hydrogen) atoms. The van der Waals surface area contributed by atoms with Crippen molar-refractivity contribution in [1.29, 1.82) is 0 Å². The molecule has 2 N–H and O–H groups in total. The first-order valence-corrected chi connectivity index (χ1v) is 8.07. The lowest BCUT2D eigenvalue weighted by atomic mass is 9.78. The quantitative estimate of drug-likeness (QED) is 0.716. The molecule has 2 unspecified atom stereocenters. The molecule has 1 rings (SSSR count). The normalized spacial score (nSPS) is 27.8. The molecule has 120 valence electrons. The van der Waals surface area contributed by atoms with Crippen LogP contribution in [0, 0.1) is 0 Å². The number of nitrogens with one attached hydrogen (secondary N) is 1. The van der Waals surface area contributed by atoms with Crippen LogP contribution < -0.4 is 5.32 Å². The molecule has 0 saturated heterocycles. The fourth-order valence-corrected chi connectivity index (χ4v) is 3.61. The highest BCUT2D eigenvalue weighted by atomic mass is 16.5. The molecule has 0 bridgehead atoms. The van der Waals surface area contributed by atoms with Crippen LogP contribution in [-0.4, -0.2) is 60.5 Å². The van der Waals surface area contributed by atoms with E-state index in [0.29, 0.717) is 18.1 Å². The van der Waals surface area contributed by atoms with Gasteiger partial charge in [-0.1, -0.05) is 13.8 Å². The van der Waals surface area contributed by atoms with Gasteiger partial charge in [0.1, 0.15) is 0 Å². The second-order valence-electron chi connectivity index (χ2n) is 6.81.